The Morgan fingerprint density at radius 1 is 0.571 bits per heavy atom. The van der Waals surface area contributed by atoms with Crippen molar-refractivity contribution in [1.29, 1.82) is 0 Å². The molecule has 0 aliphatic heterocycles. The van der Waals surface area contributed by atoms with Crippen LogP contribution in [-0.2, 0) is 0 Å². The highest BCUT2D eigenvalue weighted by Crippen LogP contribution is 2.31. The van der Waals surface area contributed by atoms with Gasteiger partial charge in [0.1, 0.15) is 23.3 Å². The molecule has 10 heteroatoms. The zero-order chi connectivity index (χ0) is 19.4. The monoisotopic (exact) mass is 378 g/mol. The Balaban J connectivity index is 1.65. The Kier molecular flexibility index (Phi) is 3.16. The summed E-state index contributed by atoms with van der Waals surface area (Å²) < 4.78 is 10.6. The highest BCUT2D eigenvalue weighted by Gasteiger charge is 2.15. The second kappa shape index (κ2) is 5.58. The summed E-state index contributed by atoms with van der Waals surface area (Å²) in [5.74, 6) is 0. The van der Waals surface area contributed by atoms with Crippen molar-refractivity contribution in [2.75, 3.05) is 0 Å². The zero-order valence-electron chi connectivity index (χ0n) is 13.9. The summed E-state index contributed by atoms with van der Waals surface area (Å²) in [4.78, 5) is 56.1. The molecule has 4 heterocycles. The van der Waals surface area contributed by atoms with Gasteiger partial charge >= 0.3 is 11.4 Å². The van der Waals surface area contributed by atoms with Gasteiger partial charge in [0.25, 0.3) is 11.1 Å². The molecule has 0 saturated heterocycles. The van der Waals surface area contributed by atoms with Crippen LogP contribution in [-0.4, -0.2) is 19.9 Å². The van der Waals surface area contributed by atoms with E-state index in [1.165, 1.54) is 12.5 Å². The molecule has 10 nitrogen and oxygen atoms in total. The number of H-pyrrole nitrogens is 4. The standard InChI is InChI=1S/C18H10N4O6/c23-13-11-9(5-27-15(11)21-17(25)19-13)7-1-2-8(4-3-7)10-6-28-16-12(10)14(24)20-18(26)22-16/h1-6H,(H2,19,21,23,25)(H2,20,22,24,26). The van der Waals surface area contributed by atoms with Gasteiger partial charge in [0.15, 0.2) is 0 Å². The largest absolute Gasteiger partial charge is 0.447 e. The van der Waals surface area contributed by atoms with E-state index < -0.39 is 22.5 Å². The van der Waals surface area contributed by atoms with E-state index in [0.717, 1.165) is 0 Å². The summed E-state index contributed by atoms with van der Waals surface area (Å²) in [6, 6.07) is 6.96. The number of aromatic amines is 4. The lowest BCUT2D eigenvalue weighted by Crippen LogP contribution is -2.21. The van der Waals surface area contributed by atoms with Crippen LogP contribution >= 0.6 is 0 Å². The van der Waals surface area contributed by atoms with E-state index in [4.69, 9.17) is 8.83 Å². The van der Waals surface area contributed by atoms with E-state index in [9.17, 15) is 19.2 Å². The van der Waals surface area contributed by atoms with Gasteiger partial charge < -0.3 is 8.83 Å². The molecule has 0 radical (unpaired) electrons. The summed E-state index contributed by atoms with van der Waals surface area (Å²) in [7, 11) is 0. The zero-order valence-corrected chi connectivity index (χ0v) is 13.9. The van der Waals surface area contributed by atoms with Crippen LogP contribution in [0.2, 0.25) is 0 Å². The fourth-order valence-electron chi connectivity index (χ4n) is 3.20. The Hall–Kier alpha value is -4.34. The molecule has 1 aromatic carbocycles. The van der Waals surface area contributed by atoms with Crippen molar-refractivity contribution < 1.29 is 8.83 Å². The minimum absolute atomic E-state index is 0.0872. The third-order valence-electron chi connectivity index (χ3n) is 4.45. The van der Waals surface area contributed by atoms with E-state index in [2.05, 4.69) is 19.9 Å². The van der Waals surface area contributed by atoms with Crippen molar-refractivity contribution >= 4 is 22.2 Å². The van der Waals surface area contributed by atoms with Crippen LogP contribution in [0.3, 0.4) is 0 Å². The van der Waals surface area contributed by atoms with Gasteiger partial charge in [-0.2, -0.15) is 0 Å². The Morgan fingerprint density at radius 3 is 1.36 bits per heavy atom. The molecule has 0 spiro atoms. The molecule has 138 valence electrons. The van der Waals surface area contributed by atoms with Crippen LogP contribution in [0.15, 0.2) is 64.8 Å². The molecule has 28 heavy (non-hydrogen) atoms. The topological polar surface area (TPSA) is 158 Å². The molecule has 4 N–H and O–H groups in total. The third-order valence-corrected chi connectivity index (χ3v) is 4.45. The number of nitrogens with one attached hydrogen (secondary N) is 4. The summed E-state index contributed by atoms with van der Waals surface area (Å²) in [5.41, 5.74) is 0.147. The lowest BCUT2D eigenvalue weighted by molar-refractivity contribution is 0.600. The van der Waals surface area contributed by atoms with Crippen molar-refractivity contribution in [3.63, 3.8) is 0 Å². The molecule has 0 saturated carbocycles. The summed E-state index contributed by atoms with van der Waals surface area (Å²) in [6.45, 7) is 0. The van der Waals surface area contributed by atoms with Gasteiger partial charge in [-0.3, -0.25) is 29.5 Å². The summed E-state index contributed by atoms with van der Waals surface area (Å²) >= 11 is 0. The molecule has 0 bridgehead atoms. The van der Waals surface area contributed by atoms with Crippen LogP contribution in [0.1, 0.15) is 0 Å². The normalized spacial score (nSPS) is 11.4. The van der Waals surface area contributed by atoms with Gasteiger partial charge in [0, 0.05) is 11.1 Å². The van der Waals surface area contributed by atoms with Gasteiger partial charge in [-0.1, -0.05) is 24.3 Å². The predicted octanol–water partition coefficient (Wildman–Crippen LogP) is 1.27. The number of aromatic nitrogens is 4. The minimum atomic E-state index is -0.649. The number of hydrogen-bond acceptors (Lipinski definition) is 6. The average molecular weight is 378 g/mol. The first kappa shape index (κ1) is 15.9. The first-order valence-corrected chi connectivity index (χ1v) is 8.09. The Bertz CT molecular complexity index is 1470. The summed E-state index contributed by atoms with van der Waals surface area (Å²) in [6.07, 6.45) is 2.76. The predicted molar refractivity (Wildman–Crippen MR) is 99.3 cm³/mol. The van der Waals surface area contributed by atoms with Crippen molar-refractivity contribution in [1.82, 2.24) is 19.9 Å². The van der Waals surface area contributed by atoms with Crippen molar-refractivity contribution in [2.24, 2.45) is 0 Å². The van der Waals surface area contributed by atoms with Gasteiger partial charge in [-0.15, -0.1) is 0 Å². The van der Waals surface area contributed by atoms with E-state index in [-0.39, 0.29) is 22.2 Å². The van der Waals surface area contributed by atoms with E-state index in [1.807, 2.05) is 0 Å². The average Bonchev–Trinajstić information content (AvgIpc) is 3.26. The molecule has 5 aromatic rings. The molecule has 0 atom stereocenters. The number of rotatable bonds is 2. The lowest BCUT2D eigenvalue weighted by Gasteiger charge is -2.01. The van der Waals surface area contributed by atoms with Gasteiger partial charge in [0.05, 0.1) is 0 Å². The maximum absolute atomic E-state index is 12.1. The number of hydrogen-bond donors (Lipinski definition) is 4. The second-order valence-corrected chi connectivity index (χ2v) is 6.10. The van der Waals surface area contributed by atoms with Crippen LogP contribution in [0.25, 0.3) is 44.5 Å². The fraction of sp³-hybridized carbons (Fsp3) is 0. The molecular formula is C18H10N4O6. The molecule has 5 rings (SSSR count). The van der Waals surface area contributed by atoms with Gasteiger partial charge in [0.2, 0.25) is 11.4 Å². The molecule has 0 amide bonds. The van der Waals surface area contributed by atoms with Crippen molar-refractivity contribution in [3.05, 3.63) is 78.5 Å². The number of furan rings is 2. The first-order chi connectivity index (χ1) is 13.5. The fourth-order valence-corrected chi connectivity index (χ4v) is 3.20. The van der Waals surface area contributed by atoms with E-state index >= 15 is 0 Å². The first-order valence-electron chi connectivity index (χ1n) is 8.09. The van der Waals surface area contributed by atoms with Crippen LogP contribution in [0, 0.1) is 0 Å². The smallest absolute Gasteiger partial charge is 0.328 e. The van der Waals surface area contributed by atoms with Crippen molar-refractivity contribution in [2.45, 2.75) is 0 Å². The maximum atomic E-state index is 12.1. The Morgan fingerprint density at radius 2 is 0.964 bits per heavy atom. The number of fused-ring (bicyclic) bond motifs is 2. The molecular weight excluding hydrogens is 368 g/mol. The van der Waals surface area contributed by atoms with Crippen LogP contribution in [0.4, 0.5) is 0 Å². The highest BCUT2D eigenvalue weighted by atomic mass is 16.3. The molecule has 4 aromatic heterocycles. The van der Waals surface area contributed by atoms with Gasteiger partial charge in [-0.25, -0.2) is 9.59 Å². The van der Waals surface area contributed by atoms with Gasteiger partial charge in [-0.05, 0) is 11.1 Å². The van der Waals surface area contributed by atoms with Crippen LogP contribution < -0.4 is 22.5 Å². The quantitative estimate of drug-likeness (QED) is 0.362. The number of benzene rings is 1. The van der Waals surface area contributed by atoms with Crippen molar-refractivity contribution in [3.8, 4) is 22.3 Å². The maximum Gasteiger partial charge on any atom is 0.328 e. The third kappa shape index (κ3) is 2.28. The molecule has 0 aliphatic rings. The SMILES string of the molecule is O=c1[nH]c(=O)c2c(-c3ccc(-c4coc5[nH]c(=O)[nH]c(=O)c45)cc3)coc2[nH]1. The summed E-state index contributed by atoms with van der Waals surface area (Å²) in [5, 5.41) is 0.463. The van der Waals surface area contributed by atoms with E-state index in [1.54, 1.807) is 24.3 Å². The molecule has 0 aliphatic carbocycles. The minimum Gasteiger partial charge on any atom is -0.447 e. The highest BCUT2D eigenvalue weighted by molar-refractivity contribution is 5.94. The lowest BCUT2D eigenvalue weighted by atomic mass is 10.0. The molecule has 0 unspecified atom stereocenters. The Labute approximate surface area is 152 Å². The van der Waals surface area contributed by atoms with Crippen LogP contribution in [0.5, 0.6) is 0 Å². The van der Waals surface area contributed by atoms with E-state index in [0.29, 0.717) is 22.3 Å². The molecule has 0 fully saturated rings. The second-order valence-electron chi connectivity index (χ2n) is 6.10.